The zero-order valence-corrected chi connectivity index (χ0v) is 16.5. The third-order valence-electron chi connectivity index (χ3n) is 4.52. The quantitative estimate of drug-likeness (QED) is 0.674. The maximum Gasteiger partial charge on any atom is 0.230 e. The number of fused-ring (bicyclic) bond motifs is 1. The Labute approximate surface area is 165 Å². The van der Waals surface area contributed by atoms with Gasteiger partial charge in [-0.25, -0.2) is 0 Å². The Morgan fingerprint density at radius 3 is 2.96 bits per heavy atom. The van der Waals surface area contributed by atoms with Crippen molar-refractivity contribution in [2.75, 3.05) is 30.3 Å². The number of aryl methyl sites for hydroxylation is 1. The van der Waals surface area contributed by atoms with E-state index in [1.54, 1.807) is 11.8 Å². The van der Waals surface area contributed by atoms with Crippen LogP contribution in [0.1, 0.15) is 24.0 Å². The SMILES string of the molecule is O=C(CSCc1cccc(Cl)c1)NCCCN1CCCc2ccccc21. The number of thioether (sulfide) groups is 1. The number of halogens is 1. The van der Waals surface area contributed by atoms with Gasteiger partial charge in [0.05, 0.1) is 5.75 Å². The summed E-state index contributed by atoms with van der Waals surface area (Å²) in [6, 6.07) is 16.4. The van der Waals surface area contributed by atoms with Gasteiger partial charge in [0.1, 0.15) is 0 Å². The van der Waals surface area contributed by atoms with E-state index in [2.05, 4.69) is 34.5 Å². The average molecular weight is 389 g/mol. The first-order valence-electron chi connectivity index (χ1n) is 9.14. The minimum absolute atomic E-state index is 0.107. The van der Waals surface area contributed by atoms with E-state index in [0.717, 1.165) is 42.4 Å². The van der Waals surface area contributed by atoms with Crippen LogP contribution in [0.5, 0.6) is 0 Å². The van der Waals surface area contributed by atoms with E-state index < -0.39 is 0 Å². The fourth-order valence-corrected chi connectivity index (χ4v) is 4.30. The molecule has 138 valence electrons. The predicted molar refractivity (Wildman–Crippen MR) is 112 cm³/mol. The van der Waals surface area contributed by atoms with Gasteiger partial charge in [0.25, 0.3) is 0 Å². The van der Waals surface area contributed by atoms with Crippen LogP contribution in [-0.2, 0) is 17.0 Å². The number of nitrogens with zero attached hydrogens (tertiary/aromatic N) is 1. The molecule has 3 nitrogen and oxygen atoms in total. The van der Waals surface area contributed by atoms with Gasteiger partial charge in [0, 0.05) is 36.1 Å². The molecule has 1 amide bonds. The number of benzene rings is 2. The zero-order chi connectivity index (χ0) is 18.2. The van der Waals surface area contributed by atoms with Crippen LogP contribution in [0.3, 0.4) is 0 Å². The van der Waals surface area contributed by atoms with Gasteiger partial charge in [-0.2, -0.15) is 0 Å². The molecule has 0 bridgehead atoms. The van der Waals surface area contributed by atoms with E-state index >= 15 is 0 Å². The monoisotopic (exact) mass is 388 g/mol. The smallest absolute Gasteiger partial charge is 0.230 e. The second kappa shape index (κ2) is 9.89. The number of hydrogen-bond donors (Lipinski definition) is 1. The number of anilines is 1. The Morgan fingerprint density at radius 1 is 1.19 bits per heavy atom. The van der Waals surface area contributed by atoms with E-state index in [9.17, 15) is 4.79 Å². The van der Waals surface area contributed by atoms with Gasteiger partial charge in [-0.3, -0.25) is 4.79 Å². The molecule has 0 atom stereocenters. The highest BCUT2D eigenvalue weighted by molar-refractivity contribution is 7.99. The van der Waals surface area contributed by atoms with E-state index in [4.69, 9.17) is 11.6 Å². The molecular weight excluding hydrogens is 364 g/mol. The first-order valence-corrected chi connectivity index (χ1v) is 10.7. The van der Waals surface area contributed by atoms with Crippen molar-refractivity contribution in [3.05, 3.63) is 64.7 Å². The molecule has 0 fully saturated rings. The van der Waals surface area contributed by atoms with Crippen LogP contribution in [0, 0.1) is 0 Å². The molecule has 2 aromatic rings. The normalized spacial score (nSPS) is 13.3. The molecule has 1 aliphatic rings. The number of amides is 1. The molecule has 1 aliphatic heterocycles. The van der Waals surface area contributed by atoms with E-state index in [1.165, 1.54) is 24.1 Å². The molecule has 26 heavy (non-hydrogen) atoms. The summed E-state index contributed by atoms with van der Waals surface area (Å²) in [5, 5.41) is 3.77. The van der Waals surface area contributed by atoms with Crippen LogP contribution < -0.4 is 10.2 Å². The topological polar surface area (TPSA) is 32.3 Å². The largest absolute Gasteiger partial charge is 0.371 e. The average Bonchev–Trinajstić information content (AvgIpc) is 2.65. The van der Waals surface area contributed by atoms with Crippen molar-refractivity contribution >= 4 is 35.0 Å². The molecule has 1 heterocycles. The third-order valence-corrected chi connectivity index (χ3v) is 5.76. The van der Waals surface area contributed by atoms with Crippen LogP contribution in [-0.4, -0.2) is 31.3 Å². The molecular formula is C21H25ClN2OS. The molecule has 3 rings (SSSR count). The first kappa shape index (κ1) is 19.1. The van der Waals surface area contributed by atoms with Crippen LogP contribution in [0.15, 0.2) is 48.5 Å². The Bertz CT molecular complexity index is 737. The van der Waals surface area contributed by atoms with Gasteiger partial charge >= 0.3 is 0 Å². The van der Waals surface area contributed by atoms with Crippen LogP contribution >= 0.6 is 23.4 Å². The minimum atomic E-state index is 0.107. The van der Waals surface area contributed by atoms with Crippen LogP contribution in [0.2, 0.25) is 5.02 Å². The number of rotatable bonds is 8. The summed E-state index contributed by atoms with van der Waals surface area (Å²) < 4.78 is 0. The molecule has 0 unspecified atom stereocenters. The summed E-state index contributed by atoms with van der Waals surface area (Å²) >= 11 is 7.59. The van der Waals surface area contributed by atoms with Gasteiger partial charge in [-0.1, -0.05) is 41.9 Å². The van der Waals surface area contributed by atoms with E-state index in [1.807, 2.05) is 24.3 Å². The van der Waals surface area contributed by atoms with Crippen LogP contribution in [0.4, 0.5) is 5.69 Å². The van der Waals surface area contributed by atoms with Gasteiger partial charge < -0.3 is 10.2 Å². The number of nitrogens with one attached hydrogen (secondary N) is 1. The number of para-hydroxylation sites is 1. The third kappa shape index (κ3) is 5.68. The van der Waals surface area contributed by atoms with Crippen molar-refractivity contribution in [1.29, 1.82) is 0 Å². The predicted octanol–water partition coefficient (Wildman–Crippen LogP) is 4.53. The fraction of sp³-hybridized carbons (Fsp3) is 0.381. The minimum Gasteiger partial charge on any atom is -0.371 e. The molecule has 5 heteroatoms. The van der Waals surface area contributed by atoms with Gasteiger partial charge in [0.15, 0.2) is 0 Å². The molecule has 0 spiro atoms. The number of hydrogen-bond acceptors (Lipinski definition) is 3. The highest BCUT2D eigenvalue weighted by Crippen LogP contribution is 2.26. The Kier molecular flexibility index (Phi) is 7.27. The lowest BCUT2D eigenvalue weighted by Crippen LogP contribution is -2.33. The van der Waals surface area contributed by atoms with E-state index in [0.29, 0.717) is 5.75 Å². The van der Waals surface area contributed by atoms with Crippen molar-refractivity contribution < 1.29 is 4.79 Å². The number of carbonyl (C=O) groups is 1. The fourth-order valence-electron chi connectivity index (χ4n) is 3.28. The maximum atomic E-state index is 12.0. The molecule has 2 aromatic carbocycles. The van der Waals surface area contributed by atoms with E-state index in [-0.39, 0.29) is 5.91 Å². The van der Waals surface area contributed by atoms with Crippen molar-refractivity contribution in [3.63, 3.8) is 0 Å². The number of carbonyl (C=O) groups excluding carboxylic acids is 1. The molecule has 0 saturated heterocycles. The maximum absolute atomic E-state index is 12.0. The molecule has 0 aliphatic carbocycles. The van der Waals surface area contributed by atoms with Gasteiger partial charge in [-0.15, -0.1) is 11.8 Å². The van der Waals surface area contributed by atoms with Crippen molar-refractivity contribution in [1.82, 2.24) is 5.32 Å². The lowest BCUT2D eigenvalue weighted by Gasteiger charge is -2.31. The summed E-state index contributed by atoms with van der Waals surface area (Å²) in [5.74, 6) is 1.40. The Morgan fingerprint density at radius 2 is 2.08 bits per heavy atom. The summed E-state index contributed by atoms with van der Waals surface area (Å²) in [6.45, 7) is 2.84. The van der Waals surface area contributed by atoms with Gasteiger partial charge in [0.2, 0.25) is 5.91 Å². The second-order valence-corrected chi connectivity index (χ2v) is 7.97. The van der Waals surface area contributed by atoms with Crippen molar-refractivity contribution in [2.45, 2.75) is 25.0 Å². The lowest BCUT2D eigenvalue weighted by atomic mass is 10.0. The highest BCUT2D eigenvalue weighted by atomic mass is 35.5. The molecule has 1 N–H and O–H groups in total. The van der Waals surface area contributed by atoms with Crippen LogP contribution in [0.25, 0.3) is 0 Å². The molecule has 0 aromatic heterocycles. The molecule has 0 saturated carbocycles. The standard InChI is InChI=1S/C21H25ClN2OS/c22-19-9-3-6-17(14-19)15-26-16-21(25)23-11-5-13-24-12-4-8-18-7-1-2-10-20(18)24/h1-3,6-7,9-10,14H,4-5,8,11-13,15-16H2,(H,23,25). The zero-order valence-electron chi connectivity index (χ0n) is 14.9. The molecule has 0 radical (unpaired) electrons. The lowest BCUT2D eigenvalue weighted by molar-refractivity contribution is -0.118. The first-order chi connectivity index (χ1) is 12.7. The highest BCUT2D eigenvalue weighted by Gasteiger charge is 2.15. The van der Waals surface area contributed by atoms with Crippen molar-refractivity contribution in [3.8, 4) is 0 Å². The summed E-state index contributed by atoms with van der Waals surface area (Å²) in [4.78, 5) is 14.4. The van der Waals surface area contributed by atoms with Gasteiger partial charge in [-0.05, 0) is 48.6 Å². The Hall–Kier alpha value is -1.65. The summed E-state index contributed by atoms with van der Waals surface area (Å²) in [7, 11) is 0. The van der Waals surface area contributed by atoms with Crippen molar-refractivity contribution in [2.24, 2.45) is 0 Å². The summed E-state index contributed by atoms with van der Waals surface area (Å²) in [6.07, 6.45) is 3.36. The summed E-state index contributed by atoms with van der Waals surface area (Å²) in [5.41, 5.74) is 3.96. The Balaban J connectivity index is 1.32. The second-order valence-electron chi connectivity index (χ2n) is 6.55.